The number of methoxy groups -OCH3 is 1. The molecule has 33 heavy (non-hydrogen) atoms. The van der Waals surface area contributed by atoms with Crippen molar-refractivity contribution in [3.8, 4) is 5.75 Å². The minimum absolute atomic E-state index is 0.0150. The molecule has 1 fully saturated rings. The molecule has 0 radical (unpaired) electrons. The molecule has 0 bridgehead atoms. The van der Waals surface area contributed by atoms with Crippen LogP contribution in [0.15, 0.2) is 35.4 Å². The number of ether oxygens (including phenoxy) is 1. The van der Waals surface area contributed by atoms with Crippen molar-refractivity contribution in [2.45, 2.75) is 25.9 Å². The van der Waals surface area contributed by atoms with Crippen LogP contribution in [-0.2, 0) is 22.7 Å². The van der Waals surface area contributed by atoms with Gasteiger partial charge < -0.3 is 20.3 Å². The zero-order valence-corrected chi connectivity index (χ0v) is 19.4. The van der Waals surface area contributed by atoms with Crippen LogP contribution in [0.1, 0.15) is 18.4 Å². The largest absolute Gasteiger partial charge is 0.497 e. The van der Waals surface area contributed by atoms with E-state index < -0.39 is 0 Å². The van der Waals surface area contributed by atoms with Crippen molar-refractivity contribution in [1.29, 1.82) is 0 Å². The fourth-order valence-corrected chi connectivity index (χ4v) is 4.85. The normalized spacial score (nSPS) is 15.9. The van der Waals surface area contributed by atoms with Crippen LogP contribution < -0.4 is 25.8 Å². The van der Waals surface area contributed by atoms with E-state index in [1.807, 2.05) is 29.2 Å². The molecular weight excluding hydrogens is 444 g/mol. The molecule has 1 aromatic carbocycles. The second-order valence-corrected chi connectivity index (χ2v) is 8.83. The highest BCUT2D eigenvalue weighted by atomic mass is 32.1. The molecule has 1 saturated heterocycles. The SMILES string of the molecule is CNC(=O)C1CCCN(c2nc3ncn(CC(=O)NCc4cccc(OC)c4)c(=O)c3s2)C1. The molecule has 10 nitrogen and oxygen atoms in total. The lowest BCUT2D eigenvalue weighted by Crippen LogP contribution is -2.42. The van der Waals surface area contributed by atoms with E-state index in [0.29, 0.717) is 34.3 Å². The van der Waals surface area contributed by atoms with Gasteiger partial charge in [0.2, 0.25) is 11.8 Å². The minimum Gasteiger partial charge on any atom is -0.497 e. The number of hydrogen-bond acceptors (Lipinski definition) is 8. The monoisotopic (exact) mass is 470 g/mol. The molecule has 0 spiro atoms. The first-order chi connectivity index (χ1) is 16.0. The first-order valence-corrected chi connectivity index (χ1v) is 11.5. The van der Waals surface area contributed by atoms with Crippen LogP contribution in [0.5, 0.6) is 5.75 Å². The molecule has 1 atom stereocenters. The minimum atomic E-state index is -0.305. The number of rotatable bonds is 7. The van der Waals surface area contributed by atoms with Crippen LogP contribution in [0.3, 0.4) is 0 Å². The van der Waals surface area contributed by atoms with Crippen molar-refractivity contribution in [2.75, 3.05) is 32.1 Å². The van der Waals surface area contributed by atoms with Crippen LogP contribution >= 0.6 is 11.3 Å². The molecule has 3 aromatic rings. The second kappa shape index (κ2) is 9.99. The third-order valence-corrected chi connectivity index (χ3v) is 6.71. The highest BCUT2D eigenvalue weighted by Gasteiger charge is 2.27. The van der Waals surface area contributed by atoms with Crippen molar-refractivity contribution in [1.82, 2.24) is 25.2 Å². The lowest BCUT2D eigenvalue weighted by molar-refractivity contribution is -0.124. The van der Waals surface area contributed by atoms with Gasteiger partial charge in [-0.2, -0.15) is 4.98 Å². The first kappa shape index (κ1) is 22.7. The van der Waals surface area contributed by atoms with Gasteiger partial charge in [0.05, 0.1) is 13.0 Å². The van der Waals surface area contributed by atoms with Gasteiger partial charge in [0.25, 0.3) is 5.56 Å². The van der Waals surface area contributed by atoms with Crippen LogP contribution in [-0.4, -0.2) is 53.6 Å². The van der Waals surface area contributed by atoms with Crippen molar-refractivity contribution < 1.29 is 14.3 Å². The Labute approximate surface area is 194 Å². The molecule has 0 aliphatic carbocycles. The predicted octanol–water partition coefficient (Wildman–Crippen LogP) is 1.14. The summed E-state index contributed by atoms with van der Waals surface area (Å²) in [5.74, 6) is 0.328. The Morgan fingerprint density at radius 1 is 1.33 bits per heavy atom. The summed E-state index contributed by atoms with van der Waals surface area (Å²) in [7, 11) is 3.22. The first-order valence-electron chi connectivity index (χ1n) is 10.7. The van der Waals surface area contributed by atoms with Crippen LogP contribution in [0.2, 0.25) is 0 Å². The molecule has 0 saturated carbocycles. The summed E-state index contributed by atoms with van der Waals surface area (Å²) in [4.78, 5) is 48.2. The number of benzene rings is 1. The molecule has 1 unspecified atom stereocenters. The Balaban J connectivity index is 1.45. The molecule has 4 rings (SSSR count). The Kier molecular flexibility index (Phi) is 6.87. The van der Waals surface area contributed by atoms with E-state index in [0.717, 1.165) is 24.9 Å². The summed E-state index contributed by atoms with van der Waals surface area (Å²) in [6, 6.07) is 7.41. The summed E-state index contributed by atoms with van der Waals surface area (Å²) < 4.78 is 6.87. The number of thiazole rings is 1. The Morgan fingerprint density at radius 2 is 2.18 bits per heavy atom. The van der Waals surface area contributed by atoms with E-state index in [2.05, 4.69) is 20.6 Å². The number of fused-ring (bicyclic) bond motifs is 1. The summed E-state index contributed by atoms with van der Waals surface area (Å²) in [6.45, 7) is 1.52. The maximum atomic E-state index is 13.0. The molecule has 11 heteroatoms. The average Bonchev–Trinajstić information content (AvgIpc) is 3.29. The van der Waals surface area contributed by atoms with Crippen LogP contribution in [0.4, 0.5) is 5.13 Å². The smallest absolute Gasteiger partial charge is 0.273 e. The van der Waals surface area contributed by atoms with E-state index in [1.165, 1.54) is 22.2 Å². The fourth-order valence-electron chi connectivity index (χ4n) is 3.85. The number of hydrogen-bond donors (Lipinski definition) is 2. The fraction of sp³-hybridized carbons (Fsp3) is 0.409. The maximum Gasteiger partial charge on any atom is 0.273 e. The van der Waals surface area contributed by atoms with E-state index in [4.69, 9.17) is 4.74 Å². The predicted molar refractivity (Wildman–Crippen MR) is 126 cm³/mol. The third-order valence-electron chi connectivity index (χ3n) is 5.62. The van der Waals surface area contributed by atoms with Gasteiger partial charge in [0, 0.05) is 26.7 Å². The number of anilines is 1. The Morgan fingerprint density at radius 3 is 2.97 bits per heavy atom. The molecular formula is C22H26N6O4S. The molecule has 1 aliphatic rings. The zero-order valence-electron chi connectivity index (χ0n) is 18.5. The lowest BCUT2D eigenvalue weighted by atomic mass is 9.98. The van der Waals surface area contributed by atoms with Crippen molar-refractivity contribution in [2.24, 2.45) is 5.92 Å². The van der Waals surface area contributed by atoms with Gasteiger partial charge in [0.15, 0.2) is 10.8 Å². The van der Waals surface area contributed by atoms with E-state index in [-0.39, 0.29) is 29.8 Å². The molecule has 2 aromatic heterocycles. The summed E-state index contributed by atoms with van der Waals surface area (Å²) in [6.07, 6.45) is 3.05. The summed E-state index contributed by atoms with van der Waals surface area (Å²) in [5.41, 5.74) is 0.947. The van der Waals surface area contributed by atoms with Crippen molar-refractivity contribution in [3.05, 3.63) is 46.5 Å². The zero-order chi connectivity index (χ0) is 23.4. The van der Waals surface area contributed by atoms with Gasteiger partial charge in [-0.1, -0.05) is 23.5 Å². The lowest BCUT2D eigenvalue weighted by Gasteiger charge is -2.31. The Hall–Kier alpha value is -3.47. The Bertz CT molecular complexity index is 1220. The van der Waals surface area contributed by atoms with Crippen LogP contribution in [0, 0.1) is 5.92 Å². The average molecular weight is 471 g/mol. The van der Waals surface area contributed by atoms with E-state index in [9.17, 15) is 14.4 Å². The standard InChI is InChI=1S/C22H26N6O4S/c1-23-20(30)15-6-4-8-27(11-15)22-26-19-18(33-22)21(31)28(13-25-19)12-17(29)24-10-14-5-3-7-16(9-14)32-2/h3,5,7,9,13,15H,4,6,8,10-12H2,1-2H3,(H,23,30)(H,24,29). The highest BCUT2D eigenvalue weighted by molar-refractivity contribution is 7.22. The summed E-state index contributed by atoms with van der Waals surface area (Å²) >= 11 is 1.25. The van der Waals surface area contributed by atoms with Crippen molar-refractivity contribution in [3.63, 3.8) is 0 Å². The third kappa shape index (κ3) is 5.14. The quantitative estimate of drug-likeness (QED) is 0.532. The second-order valence-electron chi connectivity index (χ2n) is 7.85. The number of aromatic nitrogens is 3. The van der Waals surface area contributed by atoms with Gasteiger partial charge >= 0.3 is 0 Å². The number of nitrogens with one attached hydrogen (secondary N) is 2. The molecule has 2 N–H and O–H groups in total. The maximum absolute atomic E-state index is 13.0. The van der Waals surface area contributed by atoms with Crippen molar-refractivity contribution >= 4 is 38.6 Å². The molecule has 174 valence electrons. The van der Waals surface area contributed by atoms with Gasteiger partial charge in [-0.25, -0.2) is 4.98 Å². The highest BCUT2D eigenvalue weighted by Crippen LogP contribution is 2.29. The topological polar surface area (TPSA) is 118 Å². The van der Waals surface area contributed by atoms with Crippen LogP contribution in [0.25, 0.3) is 10.3 Å². The van der Waals surface area contributed by atoms with Gasteiger partial charge in [0.1, 0.15) is 23.3 Å². The number of nitrogens with zero attached hydrogens (tertiary/aromatic N) is 4. The number of carbonyl (C=O) groups excluding carboxylic acids is 2. The number of amides is 2. The number of piperidine rings is 1. The molecule has 3 heterocycles. The molecule has 1 aliphatic heterocycles. The van der Waals surface area contributed by atoms with E-state index in [1.54, 1.807) is 14.2 Å². The number of carbonyl (C=O) groups is 2. The van der Waals surface area contributed by atoms with Gasteiger partial charge in [-0.3, -0.25) is 19.0 Å². The van der Waals surface area contributed by atoms with Gasteiger partial charge in [-0.05, 0) is 30.5 Å². The van der Waals surface area contributed by atoms with Gasteiger partial charge in [-0.15, -0.1) is 0 Å². The van der Waals surface area contributed by atoms with E-state index >= 15 is 0 Å². The summed E-state index contributed by atoms with van der Waals surface area (Å²) in [5, 5.41) is 6.18. The molecule has 2 amide bonds.